The first-order chi connectivity index (χ1) is 13.8. The Morgan fingerprint density at radius 1 is 0.633 bits per heavy atom. The first kappa shape index (κ1) is 22.4. The Labute approximate surface area is 196 Å². The molecular formula is C20H16ClN4NaO4. The van der Waals surface area contributed by atoms with Crippen LogP contribution >= 0.6 is 0 Å². The summed E-state index contributed by atoms with van der Waals surface area (Å²) in [6.07, 6.45) is 8.05. The van der Waals surface area contributed by atoms with Crippen molar-refractivity contribution in [3.8, 4) is 0 Å². The molecule has 0 fully saturated rings. The predicted molar refractivity (Wildman–Crippen MR) is 102 cm³/mol. The first-order valence-electron chi connectivity index (χ1n) is 8.48. The maximum absolute atomic E-state index is 8.60. The summed E-state index contributed by atoms with van der Waals surface area (Å²) in [7, 11) is -4.69. The van der Waals surface area contributed by atoms with Crippen LogP contribution in [0.25, 0.3) is 46.4 Å². The zero-order chi connectivity index (χ0) is 20.4. The van der Waals surface area contributed by atoms with Crippen molar-refractivity contribution in [1.82, 2.24) is 19.9 Å². The number of nitrogens with one attached hydrogen (secondary N) is 2. The monoisotopic (exact) mass is 434 g/mol. The Kier molecular flexibility index (Phi) is 6.91. The fourth-order valence-corrected chi connectivity index (χ4v) is 2.94. The van der Waals surface area contributed by atoms with Gasteiger partial charge in [0.1, 0.15) is 0 Å². The van der Waals surface area contributed by atoms with E-state index in [4.69, 9.17) is 18.6 Å². The second kappa shape index (κ2) is 9.25. The van der Waals surface area contributed by atoms with Crippen LogP contribution in [0.3, 0.4) is 0 Å². The van der Waals surface area contributed by atoms with Gasteiger partial charge in [0, 0.05) is 22.1 Å². The van der Waals surface area contributed by atoms with Crippen LogP contribution in [0.5, 0.6) is 0 Å². The maximum Gasteiger partial charge on any atom is 1.00 e. The van der Waals surface area contributed by atoms with Crippen LogP contribution in [0.15, 0.2) is 48.5 Å². The minimum Gasteiger partial charge on any atom is -1.00 e. The molecule has 0 aliphatic carbocycles. The molecule has 3 aromatic heterocycles. The van der Waals surface area contributed by atoms with E-state index in [1.54, 1.807) is 0 Å². The van der Waals surface area contributed by atoms with E-state index in [2.05, 4.69) is 50.3 Å². The Balaban J connectivity index is 0.000000443. The first-order valence-corrected chi connectivity index (χ1v) is 9.74. The van der Waals surface area contributed by atoms with Gasteiger partial charge in [0.2, 0.25) is 0 Å². The van der Waals surface area contributed by atoms with Crippen molar-refractivity contribution in [3.05, 3.63) is 71.3 Å². The Hall–Kier alpha value is -2.27. The van der Waals surface area contributed by atoms with Crippen molar-refractivity contribution in [2.24, 2.45) is 0 Å². The minimum atomic E-state index is -4.69. The van der Waals surface area contributed by atoms with Crippen molar-refractivity contribution < 1.29 is 59.9 Å². The van der Waals surface area contributed by atoms with Crippen LogP contribution < -0.4 is 43.5 Å². The second-order valence-corrected chi connectivity index (χ2v) is 7.09. The Bertz CT molecular complexity index is 1190. The maximum atomic E-state index is 8.60. The summed E-state index contributed by atoms with van der Waals surface area (Å²) in [5, 5.41) is 0. The summed E-state index contributed by atoms with van der Waals surface area (Å²) in [6.45, 7) is 0. The molecule has 0 unspecified atom stereocenters. The fourth-order valence-electron chi connectivity index (χ4n) is 2.94. The molecule has 5 rings (SSSR count). The van der Waals surface area contributed by atoms with Crippen molar-refractivity contribution >= 4 is 46.4 Å². The average Bonchev–Trinajstić information content (AvgIpc) is 3.38. The third kappa shape index (κ3) is 6.36. The van der Waals surface area contributed by atoms with Gasteiger partial charge in [-0.1, -0.05) is 0 Å². The quantitative estimate of drug-likeness (QED) is 0.232. The molecule has 0 amide bonds. The van der Waals surface area contributed by atoms with E-state index in [1.165, 1.54) is 0 Å². The van der Waals surface area contributed by atoms with Crippen LogP contribution in [-0.4, -0.2) is 24.6 Å². The zero-order valence-electron chi connectivity index (χ0n) is 16.9. The van der Waals surface area contributed by atoms with Gasteiger partial charge in [-0.2, -0.15) is 14.0 Å². The number of rotatable bonds is 0. The Morgan fingerprint density at radius 2 is 0.933 bits per heavy atom. The zero-order valence-corrected chi connectivity index (χ0v) is 18.6. The molecule has 0 saturated heterocycles. The van der Waals surface area contributed by atoms with E-state index >= 15 is 0 Å². The second-order valence-electron chi connectivity index (χ2n) is 6.30. The number of aromatic amines is 2. The van der Waals surface area contributed by atoms with Gasteiger partial charge in [-0.3, -0.25) is 0 Å². The summed E-state index contributed by atoms with van der Waals surface area (Å²) < 4.78 is 32.7. The van der Waals surface area contributed by atoms with Crippen LogP contribution in [0.2, 0.25) is 0 Å². The number of hydrogen-bond donors (Lipinski definition) is 3. The van der Waals surface area contributed by atoms with Crippen LogP contribution in [0, 0.1) is 10.2 Å². The SMILES string of the molecule is C1=Cc2cc3ccc(cc4ccc(cc5nc(cc1n2)C=C5)[nH]4)[nH]3.[H-].[Na+].[O-][Cl+3]([O-])([O-])O. The molecule has 0 radical (unpaired) electrons. The summed E-state index contributed by atoms with van der Waals surface area (Å²) in [6, 6.07) is 16.4. The molecule has 0 atom stereocenters. The molecule has 148 valence electrons. The van der Waals surface area contributed by atoms with E-state index in [-0.39, 0.29) is 31.0 Å². The topological polar surface area (TPSA) is 147 Å². The van der Waals surface area contributed by atoms with Gasteiger partial charge >= 0.3 is 29.6 Å². The van der Waals surface area contributed by atoms with E-state index < -0.39 is 10.2 Å². The molecule has 8 nitrogen and oxygen atoms in total. The molecule has 3 N–H and O–H groups in total. The molecular weight excluding hydrogens is 419 g/mol. The van der Waals surface area contributed by atoms with Gasteiger partial charge in [0.25, 0.3) is 0 Å². The van der Waals surface area contributed by atoms with Gasteiger partial charge in [-0.25, -0.2) is 9.97 Å². The third-order valence-electron chi connectivity index (χ3n) is 4.04. The smallest absolute Gasteiger partial charge is 1.00 e. The van der Waals surface area contributed by atoms with Crippen molar-refractivity contribution in [3.63, 3.8) is 0 Å². The predicted octanol–water partition coefficient (Wildman–Crippen LogP) is -2.35. The molecule has 0 aromatic carbocycles. The number of halogens is 1. The third-order valence-corrected chi connectivity index (χ3v) is 4.04. The molecule has 0 spiro atoms. The summed E-state index contributed by atoms with van der Waals surface area (Å²) in [5.74, 6) is 0. The largest absolute Gasteiger partial charge is 1.00 e. The molecule has 0 saturated carbocycles. The number of nitrogens with zero attached hydrogens (tertiary/aromatic N) is 2. The molecule has 2 aliphatic rings. The Morgan fingerprint density at radius 3 is 1.30 bits per heavy atom. The van der Waals surface area contributed by atoms with E-state index in [1.807, 2.05) is 42.5 Å². The number of fused-ring (bicyclic) bond motifs is 8. The molecule has 30 heavy (non-hydrogen) atoms. The van der Waals surface area contributed by atoms with Gasteiger partial charge in [-0.15, -0.1) is 0 Å². The summed E-state index contributed by atoms with van der Waals surface area (Å²) >= 11 is 0. The summed E-state index contributed by atoms with van der Waals surface area (Å²) in [5.41, 5.74) is 7.86. The standard InChI is InChI=1S/C20H14N4.ClHO4.Na.H/c1-2-14-10-16-5-6-18(23-16)12-20-8-7-19(24-20)11-17-4-3-15(22-17)9-13(1)21-14;2-1(3,4)5;;/h1-12,21-22H;(H,2,3,4,5);;/q;;+1;-1. The van der Waals surface area contributed by atoms with Crippen molar-refractivity contribution in [2.45, 2.75) is 0 Å². The molecule has 5 heterocycles. The van der Waals surface area contributed by atoms with Crippen LogP contribution in [0.1, 0.15) is 24.2 Å². The van der Waals surface area contributed by atoms with E-state index in [0.29, 0.717) is 0 Å². The molecule has 10 heteroatoms. The van der Waals surface area contributed by atoms with Gasteiger partial charge in [0.05, 0.1) is 37.7 Å². The number of aromatic nitrogens is 4. The van der Waals surface area contributed by atoms with Crippen LogP contribution in [0.4, 0.5) is 0 Å². The van der Waals surface area contributed by atoms with Crippen LogP contribution in [-0.2, 0) is 0 Å². The molecule has 3 aromatic rings. The minimum absolute atomic E-state index is 0. The average molecular weight is 435 g/mol. The van der Waals surface area contributed by atoms with Gasteiger partial charge in [0.15, 0.2) is 0 Å². The van der Waals surface area contributed by atoms with Crippen molar-refractivity contribution in [1.29, 1.82) is 0 Å². The molecule has 8 bridgehead atoms. The molecule has 2 aliphatic heterocycles. The van der Waals surface area contributed by atoms with Gasteiger partial charge < -0.3 is 11.4 Å². The fraction of sp³-hybridized carbons (Fsp3) is 0. The van der Waals surface area contributed by atoms with E-state index in [0.717, 1.165) is 44.8 Å². The van der Waals surface area contributed by atoms with E-state index in [9.17, 15) is 0 Å². The number of hydrogen-bond acceptors (Lipinski definition) is 6. The van der Waals surface area contributed by atoms with Gasteiger partial charge in [-0.05, 0) is 72.8 Å². The number of H-pyrrole nitrogens is 2. The summed E-state index contributed by atoms with van der Waals surface area (Å²) in [4.78, 5) is 16.0. The van der Waals surface area contributed by atoms with Crippen molar-refractivity contribution in [2.75, 3.05) is 0 Å². The normalized spacial score (nSPS) is 12.1.